The number of halogens is 2. The maximum absolute atomic E-state index is 9.41. The van der Waals surface area contributed by atoms with Gasteiger partial charge in [0.1, 0.15) is 17.5 Å². The maximum atomic E-state index is 9.41. The summed E-state index contributed by atoms with van der Waals surface area (Å²) >= 11 is 11.8. The van der Waals surface area contributed by atoms with Crippen LogP contribution in [0, 0.1) is 25.2 Å². The van der Waals surface area contributed by atoms with Crippen LogP contribution in [0.1, 0.15) is 22.4 Å². The van der Waals surface area contributed by atoms with Gasteiger partial charge in [0.25, 0.3) is 0 Å². The third-order valence-electron chi connectivity index (χ3n) is 4.33. The Balaban J connectivity index is 2.02. The number of anilines is 2. The van der Waals surface area contributed by atoms with Crippen molar-refractivity contribution in [2.45, 2.75) is 20.4 Å². The number of alkyl halides is 2. The molecule has 0 radical (unpaired) electrons. The molecule has 0 aliphatic rings. The summed E-state index contributed by atoms with van der Waals surface area (Å²) in [5, 5.41) is 17.2. The second kappa shape index (κ2) is 9.24. The number of hydrogen-bond acceptors (Lipinski definition) is 5. The molecular formula is C20H22Cl2N6. The van der Waals surface area contributed by atoms with E-state index in [-0.39, 0.29) is 0 Å². The summed E-state index contributed by atoms with van der Waals surface area (Å²) in [6.45, 7) is 6.14. The number of nitrogens with zero attached hydrogens (tertiary/aromatic N) is 5. The molecule has 6 nitrogen and oxygen atoms in total. The van der Waals surface area contributed by atoms with Crippen LogP contribution in [-0.2, 0) is 6.54 Å². The lowest BCUT2D eigenvalue weighted by Crippen LogP contribution is -2.28. The summed E-state index contributed by atoms with van der Waals surface area (Å²) in [4.78, 5) is 6.80. The number of aryl methyl sites for hydroxylation is 2. The van der Waals surface area contributed by atoms with Crippen molar-refractivity contribution in [1.82, 2.24) is 19.5 Å². The zero-order valence-corrected chi connectivity index (χ0v) is 17.4. The van der Waals surface area contributed by atoms with E-state index in [1.807, 2.05) is 6.07 Å². The molecule has 2 heterocycles. The molecule has 0 fully saturated rings. The average Bonchev–Trinajstić information content (AvgIpc) is 3.04. The van der Waals surface area contributed by atoms with E-state index < -0.39 is 0 Å². The molecule has 0 aliphatic heterocycles. The number of nitrogens with one attached hydrogen (secondary N) is 1. The number of hydrogen-bond donors (Lipinski definition) is 1. The summed E-state index contributed by atoms with van der Waals surface area (Å²) < 4.78 is 1.66. The molecule has 3 aromatic rings. The molecule has 0 atom stereocenters. The Kier molecular flexibility index (Phi) is 6.74. The van der Waals surface area contributed by atoms with E-state index in [9.17, 15) is 5.26 Å². The fourth-order valence-electron chi connectivity index (χ4n) is 3.19. The summed E-state index contributed by atoms with van der Waals surface area (Å²) in [7, 11) is 0. The molecule has 0 saturated carbocycles. The molecule has 28 heavy (non-hydrogen) atoms. The first-order valence-corrected chi connectivity index (χ1v) is 10.1. The van der Waals surface area contributed by atoms with Crippen molar-refractivity contribution in [3.8, 4) is 6.07 Å². The molecular weight excluding hydrogens is 395 g/mol. The van der Waals surface area contributed by atoms with E-state index in [2.05, 4.69) is 58.4 Å². The van der Waals surface area contributed by atoms with Crippen LogP contribution in [0.5, 0.6) is 0 Å². The zero-order chi connectivity index (χ0) is 20.1. The van der Waals surface area contributed by atoms with Crippen LogP contribution >= 0.6 is 23.2 Å². The van der Waals surface area contributed by atoms with Crippen LogP contribution in [0.3, 0.4) is 0 Å². The van der Waals surface area contributed by atoms with Gasteiger partial charge < -0.3 is 5.32 Å². The molecule has 1 aromatic carbocycles. The molecule has 0 amide bonds. The van der Waals surface area contributed by atoms with Gasteiger partial charge in [-0.1, -0.05) is 6.07 Å². The van der Waals surface area contributed by atoms with Gasteiger partial charge in [0.05, 0.1) is 11.9 Å². The first-order chi connectivity index (χ1) is 13.5. The summed E-state index contributed by atoms with van der Waals surface area (Å²) in [6.07, 6.45) is 1.54. The number of fused-ring (bicyclic) bond motifs is 1. The van der Waals surface area contributed by atoms with E-state index in [4.69, 9.17) is 23.2 Å². The topological polar surface area (TPSA) is 69.2 Å². The van der Waals surface area contributed by atoms with Crippen LogP contribution in [0.15, 0.2) is 30.5 Å². The van der Waals surface area contributed by atoms with Crippen LogP contribution in [0.2, 0.25) is 0 Å². The van der Waals surface area contributed by atoms with Gasteiger partial charge >= 0.3 is 0 Å². The lowest BCUT2D eigenvalue weighted by atomic mass is 10.1. The Labute approximate surface area is 174 Å². The Bertz CT molecular complexity index is 982. The molecule has 0 spiro atoms. The highest BCUT2D eigenvalue weighted by Gasteiger charge is 2.14. The minimum absolute atomic E-state index is 0.437. The van der Waals surface area contributed by atoms with Gasteiger partial charge in [0.2, 0.25) is 0 Å². The quantitative estimate of drug-likeness (QED) is 0.556. The highest BCUT2D eigenvalue weighted by molar-refractivity contribution is 6.18. The average molecular weight is 417 g/mol. The van der Waals surface area contributed by atoms with Crippen LogP contribution < -0.4 is 5.32 Å². The van der Waals surface area contributed by atoms with E-state index >= 15 is 0 Å². The SMILES string of the molecule is Cc1cc(C)cc(Nc2cc(CN(CCCl)CCCl)nc3c(C#N)cnn23)c1. The van der Waals surface area contributed by atoms with Crippen molar-refractivity contribution >= 4 is 40.4 Å². The Hall–Kier alpha value is -2.33. The van der Waals surface area contributed by atoms with Crippen molar-refractivity contribution in [2.24, 2.45) is 0 Å². The van der Waals surface area contributed by atoms with Crippen molar-refractivity contribution in [3.63, 3.8) is 0 Å². The Morgan fingerprint density at radius 1 is 1.11 bits per heavy atom. The van der Waals surface area contributed by atoms with Gasteiger partial charge in [-0.05, 0) is 37.1 Å². The number of aromatic nitrogens is 3. The lowest BCUT2D eigenvalue weighted by Gasteiger charge is -2.20. The molecule has 8 heteroatoms. The van der Waals surface area contributed by atoms with E-state index in [1.165, 1.54) is 17.3 Å². The molecule has 2 aromatic heterocycles. The highest BCUT2D eigenvalue weighted by atomic mass is 35.5. The van der Waals surface area contributed by atoms with Gasteiger partial charge in [0, 0.05) is 43.1 Å². The summed E-state index contributed by atoms with van der Waals surface area (Å²) in [5.41, 5.74) is 5.09. The van der Waals surface area contributed by atoms with Gasteiger partial charge in [-0.3, -0.25) is 4.90 Å². The predicted octanol–water partition coefficient (Wildman–Crippen LogP) is 4.24. The Morgan fingerprint density at radius 3 is 2.39 bits per heavy atom. The lowest BCUT2D eigenvalue weighted by molar-refractivity contribution is 0.296. The minimum atomic E-state index is 0.437. The van der Waals surface area contributed by atoms with Gasteiger partial charge in [-0.2, -0.15) is 14.9 Å². The molecule has 0 saturated heterocycles. The third-order valence-corrected chi connectivity index (χ3v) is 4.66. The predicted molar refractivity (Wildman–Crippen MR) is 114 cm³/mol. The molecule has 0 bridgehead atoms. The summed E-state index contributed by atoms with van der Waals surface area (Å²) in [6, 6.07) is 10.4. The van der Waals surface area contributed by atoms with Crippen LogP contribution in [0.4, 0.5) is 11.5 Å². The zero-order valence-electron chi connectivity index (χ0n) is 15.9. The fraction of sp³-hybridized carbons (Fsp3) is 0.350. The number of rotatable bonds is 8. The van der Waals surface area contributed by atoms with Crippen molar-refractivity contribution < 1.29 is 0 Å². The van der Waals surface area contributed by atoms with E-state index in [0.717, 1.165) is 17.2 Å². The second-order valence-electron chi connectivity index (χ2n) is 6.69. The first-order valence-electron chi connectivity index (χ1n) is 9.01. The van der Waals surface area contributed by atoms with Crippen molar-refractivity contribution in [3.05, 3.63) is 52.8 Å². The fourth-order valence-corrected chi connectivity index (χ4v) is 3.67. The molecule has 1 N–H and O–H groups in total. The monoisotopic (exact) mass is 416 g/mol. The van der Waals surface area contributed by atoms with Crippen molar-refractivity contribution in [1.29, 1.82) is 5.26 Å². The first kappa shape index (κ1) is 20.4. The van der Waals surface area contributed by atoms with Gasteiger partial charge in [0.15, 0.2) is 5.65 Å². The molecule has 3 rings (SSSR count). The number of benzene rings is 1. The largest absolute Gasteiger partial charge is 0.340 e. The summed E-state index contributed by atoms with van der Waals surface area (Å²) in [5.74, 6) is 1.79. The van der Waals surface area contributed by atoms with E-state index in [0.29, 0.717) is 42.6 Å². The van der Waals surface area contributed by atoms with Crippen LogP contribution in [0.25, 0.3) is 5.65 Å². The minimum Gasteiger partial charge on any atom is -0.340 e. The van der Waals surface area contributed by atoms with Gasteiger partial charge in [-0.25, -0.2) is 4.98 Å². The van der Waals surface area contributed by atoms with Crippen LogP contribution in [-0.4, -0.2) is 44.3 Å². The number of nitriles is 1. The smallest absolute Gasteiger partial charge is 0.175 e. The normalized spacial score (nSPS) is 11.1. The standard InChI is InChI=1S/C20H22Cl2N6/c1-14-7-15(2)9-17(8-14)25-19-10-18(13-27(5-3-21)6-4-22)26-20-16(11-23)12-24-28(19)20/h7-10,12,25H,3-6,13H2,1-2H3. The highest BCUT2D eigenvalue weighted by Crippen LogP contribution is 2.22. The molecule has 0 aliphatic carbocycles. The molecule has 146 valence electrons. The Morgan fingerprint density at radius 2 is 1.79 bits per heavy atom. The maximum Gasteiger partial charge on any atom is 0.175 e. The third kappa shape index (κ3) is 4.74. The van der Waals surface area contributed by atoms with Gasteiger partial charge in [-0.15, -0.1) is 23.2 Å². The second-order valence-corrected chi connectivity index (χ2v) is 7.45. The van der Waals surface area contributed by atoms with Crippen molar-refractivity contribution in [2.75, 3.05) is 30.2 Å². The van der Waals surface area contributed by atoms with E-state index in [1.54, 1.807) is 4.52 Å². The molecule has 0 unspecified atom stereocenters.